The summed E-state index contributed by atoms with van der Waals surface area (Å²) in [4.78, 5) is 12.0. The number of anilines is 1. The van der Waals surface area contributed by atoms with Crippen LogP contribution in [-0.4, -0.2) is 35.1 Å². The lowest BCUT2D eigenvalue weighted by atomic mass is 10.1. The van der Waals surface area contributed by atoms with Gasteiger partial charge >= 0.3 is 6.09 Å². The summed E-state index contributed by atoms with van der Waals surface area (Å²) in [5.41, 5.74) is 6.55. The Morgan fingerprint density at radius 1 is 1.40 bits per heavy atom. The Labute approximate surface area is 152 Å². The number of nitrogens with two attached hydrogens (primary N) is 1. The van der Waals surface area contributed by atoms with Crippen LogP contribution in [0, 0.1) is 0 Å². The normalized spacial score (nSPS) is 12.5. The first-order valence-electron chi connectivity index (χ1n) is 7.79. The van der Waals surface area contributed by atoms with Gasteiger partial charge < -0.3 is 20.5 Å². The standard InChI is InChI=1S/C17H23ClN4O3/c1-17(2,3)25-16(23)20-9-15(22-10-13(19)8-21-22)11-5-12(18)7-14(6-11)24-4/h5-8,10,15H,9,19H2,1-4H3,(H,20,23). The molecule has 0 aliphatic heterocycles. The lowest BCUT2D eigenvalue weighted by Gasteiger charge is -2.23. The van der Waals surface area contributed by atoms with Gasteiger partial charge in [-0.2, -0.15) is 5.10 Å². The smallest absolute Gasteiger partial charge is 0.407 e. The largest absolute Gasteiger partial charge is 0.497 e. The first kappa shape index (κ1) is 18.9. The van der Waals surface area contributed by atoms with Crippen LogP contribution in [0.4, 0.5) is 10.5 Å². The first-order valence-corrected chi connectivity index (χ1v) is 8.16. The van der Waals surface area contributed by atoms with Gasteiger partial charge in [0.1, 0.15) is 11.4 Å². The van der Waals surface area contributed by atoms with Crippen LogP contribution in [0.1, 0.15) is 32.4 Å². The van der Waals surface area contributed by atoms with Crippen molar-refractivity contribution in [2.75, 3.05) is 19.4 Å². The lowest BCUT2D eigenvalue weighted by molar-refractivity contribution is 0.0522. The van der Waals surface area contributed by atoms with E-state index in [1.165, 1.54) is 0 Å². The number of benzene rings is 1. The number of carbonyl (C=O) groups excluding carboxylic acids is 1. The number of amides is 1. The van der Waals surface area contributed by atoms with E-state index in [9.17, 15) is 4.79 Å². The number of rotatable bonds is 5. The number of hydrogen-bond donors (Lipinski definition) is 2. The molecule has 1 unspecified atom stereocenters. The maximum atomic E-state index is 12.0. The van der Waals surface area contributed by atoms with Crippen LogP contribution in [0.15, 0.2) is 30.6 Å². The summed E-state index contributed by atoms with van der Waals surface area (Å²) in [6.45, 7) is 5.67. The Morgan fingerprint density at radius 3 is 2.68 bits per heavy atom. The number of alkyl carbamates (subject to hydrolysis) is 1. The predicted molar refractivity (Wildman–Crippen MR) is 97.0 cm³/mol. The molecule has 0 saturated carbocycles. The molecular formula is C17H23ClN4O3. The number of aromatic nitrogens is 2. The summed E-state index contributed by atoms with van der Waals surface area (Å²) in [6.07, 6.45) is 2.73. The first-order chi connectivity index (χ1) is 11.7. The fourth-order valence-electron chi connectivity index (χ4n) is 2.28. The molecule has 1 aromatic carbocycles. The zero-order valence-electron chi connectivity index (χ0n) is 14.7. The fraction of sp³-hybridized carbons (Fsp3) is 0.412. The number of carbonyl (C=O) groups is 1. The Balaban J connectivity index is 2.25. The molecule has 0 aliphatic carbocycles. The second-order valence-corrected chi connectivity index (χ2v) is 7.01. The van der Waals surface area contributed by atoms with Crippen LogP contribution in [0.25, 0.3) is 0 Å². The molecule has 1 aromatic heterocycles. The quantitative estimate of drug-likeness (QED) is 0.847. The van der Waals surface area contributed by atoms with E-state index in [0.29, 0.717) is 16.5 Å². The molecule has 0 bridgehead atoms. The van der Waals surface area contributed by atoms with E-state index in [1.54, 1.807) is 57.1 Å². The van der Waals surface area contributed by atoms with Gasteiger partial charge in [-0.15, -0.1) is 0 Å². The van der Waals surface area contributed by atoms with E-state index in [4.69, 9.17) is 26.8 Å². The predicted octanol–water partition coefficient (Wildman–Crippen LogP) is 3.24. The van der Waals surface area contributed by atoms with E-state index in [-0.39, 0.29) is 12.6 Å². The van der Waals surface area contributed by atoms with E-state index >= 15 is 0 Å². The van der Waals surface area contributed by atoms with E-state index in [0.717, 1.165) is 5.56 Å². The summed E-state index contributed by atoms with van der Waals surface area (Å²) < 4.78 is 12.2. The van der Waals surface area contributed by atoms with E-state index in [1.807, 2.05) is 6.07 Å². The third kappa shape index (κ3) is 5.56. The summed E-state index contributed by atoms with van der Waals surface area (Å²) in [5, 5.41) is 7.53. The minimum atomic E-state index is -0.574. The van der Waals surface area contributed by atoms with E-state index < -0.39 is 11.7 Å². The van der Waals surface area contributed by atoms with Crippen molar-refractivity contribution < 1.29 is 14.3 Å². The Morgan fingerprint density at radius 2 is 2.12 bits per heavy atom. The van der Waals surface area contributed by atoms with Gasteiger partial charge in [0.05, 0.1) is 25.0 Å². The van der Waals surface area contributed by atoms with Gasteiger partial charge in [-0.05, 0) is 44.5 Å². The van der Waals surface area contributed by atoms with Crippen LogP contribution in [-0.2, 0) is 4.74 Å². The molecule has 1 atom stereocenters. The molecule has 8 heteroatoms. The fourth-order valence-corrected chi connectivity index (χ4v) is 2.51. The molecule has 25 heavy (non-hydrogen) atoms. The van der Waals surface area contributed by atoms with Crippen molar-refractivity contribution in [2.24, 2.45) is 0 Å². The highest BCUT2D eigenvalue weighted by atomic mass is 35.5. The van der Waals surface area contributed by atoms with Crippen molar-refractivity contribution in [3.63, 3.8) is 0 Å². The number of hydrogen-bond acceptors (Lipinski definition) is 5. The van der Waals surface area contributed by atoms with Gasteiger partial charge in [0.15, 0.2) is 0 Å². The van der Waals surface area contributed by atoms with Crippen LogP contribution in [0.3, 0.4) is 0 Å². The second kappa shape index (κ2) is 7.65. The second-order valence-electron chi connectivity index (χ2n) is 6.58. The van der Waals surface area contributed by atoms with Gasteiger partial charge in [0, 0.05) is 17.8 Å². The number of nitrogens with one attached hydrogen (secondary N) is 1. The van der Waals surface area contributed by atoms with Crippen molar-refractivity contribution in [3.8, 4) is 5.75 Å². The number of ether oxygens (including phenoxy) is 2. The molecule has 1 heterocycles. The lowest BCUT2D eigenvalue weighted by Crippen LogP contribution is -2.36. The van der Waals surface area contributed by atoms with Crippen molar-refractivity contribution in [3.05, 3.63) is 41.2 Å². The minimum absolute atomic E-state index is 0.250. The average Bonchev–Trinajstić information content (AvgIpc) is 2.91. The average molecular weight is 367 g/mol. The number of halogens is 1. The Kier molecular flexibility index (Phi) is 5.79. The molecule has 0 spiro atoms. The minimum Gasteiger partial charge on any atom is -0.497 e. The highest BCUT2D eigenvalue weighted by Gasteiger charge is 2.21. The maximum Gasteiger partial charge on any atom is 0.407 e. The number of nitrogens with zero attached hydrogens (tertiary/aromatic N) is 2. The highest BCUT2D eigenvalue weighted by molar-refractivity contribution is 6.30. The van der Waals surface area contributed by atoms with Crippen LogP contribution in [0.2, 0.25) is 5.02 Å². The molecule has 0 fully saturated rings. The molecular weight excluding hydrogens is 344 g/mol. The highest BCUT2D eigenvalue weighted by Crippen LogP contribution is 2.27. The molecule has 136 valence electrons. The monoisotopic (exact) mass is 366 g/mol. The third-order valence-electron chi connectivity index (χ3n) is 3.29. The van der Waals surface area contributed by atoms with Crippen LogP contribution >= 0.6 is 11.6 Å². The van der Waals surface area contributed by atoms with Crippen molar-refractivity contribution in [1.82, 2.24) is 15.1 Å². The zero-order chi connectivity index (χ0) is 18.6. The third-order valence-corrected chi connectivity index (χ3v) is 3.51. The molecule has 3 N–H and O–H groups in total. The van der Waals surface area contributed by atoms with Crippen molar-refractivity contribution in [2.45, 2.75) is 32.4 Å². The van der Waals surface area contributed by atoms with Crippen LogP contribution in [0.5, 0.6) is 5.75 Å². The zero-order valence-corrected chi connectivity index (χ0v) is 15.5. The SMILES string of the molecule is COc1cc(Cl)cc(C(CNC(=O)OC(C)(C)C)n2cc(N)cn2)c1. The molecule has 0 aliphatic rings. The topological polar surface area (TPSA) is 91.4 Å². The van der Waals surface area contributed by atoms with Gasteiger partial charge in [0.2, 0.25) is 0 Å². The van der Waals surface area contributed by atoms with Gasteiger partial charge in [-0.25, -0.2) is 4.79 Å². The Hall–Kier alpha value is -2.41. The maximum absolute atomic E-state index is 12.0. The van der Waals surface area contributed by atoms with E-state index in [2.05, 4.69) is 10.4 Å². The number of nitrogen functional groups attached to an aromatic ring is 1. The van der Waals surface area contributed by atoms with Crippen molar-refractivity contribution >= 4 is 23.4 Å². The molecule has 2 aromatic rings. The van der Waals surface area contributed by atoms with Gasteiger partial charge in [0.25, 0.3) is 0 Å². The number of methoxy groups -OCH3 is 1. The molecule has 1 amide bonds. The summed E-state index contributed by atoms with van der Waals surface area (Å²) in [6, 6.07) is 5.02. The molecule has 2 rings (SSSR count). The summed E-state index contributed by atoms with van der Waals surface area (Å²) >= 11 is 6.17. The summed E-state index contributed by atoms with van der Waals surface area (Å²) in [7, 11) is 1.56. The summed E-state index contributed by atoms with van der Waals surface area (Å²) in [5.74, 6) is 0.616. The molecule has 7 nitrogen and oxygen atoms in total. The molecule has 0 saturated heterocycles. The van der Waals surface area contributed by atoms with Gasteiger partial charge in [-0.1, -0.05) is 11.6 Å². The molecule has 0 radical (unpaired) electrons. The Bertz CT molecular complexity index is 740. The van der Waals surface area contributed by atoms with Crippen molar-refractivity contribution in [1.29, 1.82) is 0 Å². The van der Waals surface area contributed by atoms with Crippen LogP contribution < -0.4 is 15.8 Å². The van der Waals surface area contributed by atoms with Gasteiger partial charge in [-0.3, -0.25) is 4.68 Å².